The summed E-state index contributed by atoms with van der Waals surface area (Å²) in [5.74, 6) is 0. The molecule has 19 heavy (non-hydrogen) atoms. The second kappa shape index (κ2) is 4.94. The summed E-state index contributed by atoms with van der Waals surface area (Å²) in [7, 11) is 0. The molecule has 0 aliphatic carbocycles. The van der Waals surface area contributed by atoms with Gasteiger partial charge in [-0.05, 0) is 12.5 Å². The molecular weight excluding hydrogens is 262 g/mol. The van der Waals surface area contributed by atoms with Gasteiger partial charge < -0.3 is 10.5 Å². The van der Waals surface area contributed by atoms with Crippen LogP contribution in [0.1, 0.15) is 23.5 Å². The zero-order valence-corrected chi connectivity index (χ0v) is 11.2. The van der Waals surface area contributed by atoms with Gasteiger partial charge in [0.25, 0.3) is 0 Å². The summed E-state index contributed by atoms with van der Waals surface area (Å²) < 4.78 is 7.22. The lowest BCUT2D eigenvalue weighted by Crippen LogP contribution is -2.06. The van der Waals surface area contributed by atoms with E-state index in [9.17, 15) is 0 Å². The molecular formula is C12H13N5OS. The molecule has 2 N–H and O–H groups in total. The molecule has 0 bridgehead atoms. The highest BCUT2D eigenvalue weighted by atomic mass is 32.1. The van der Waals surface area contributed by atoms with Gasteiger partial charge in [0.2, 0.25) is 4.96 Å². The van der Waals surface area contributed by atoms with Crippen molar-refractivity contribution >= 4 is 16.3 Å². The van der Waals surface area contributed by atoms with Crippen LogP contribution >= 0.6 is 11.3 Å². The summed E-state index contributed by atoms with van der Waals surface area (Å²) in [6, 6.07) is 10.2. The molecule has 0 amide bonds. The van der Waals surface area contributed by atoms with E-state index in [1.165, 1.54) is 11.3 Å². The third-order valence-electron chi connectivity index (χ3n) is 2.58. The van der Waals surface area contributed by atoms with Crippen molar-refractivity contribution in [3.8, 4) is 6.01 Å². The molecule has 2 aromatic heterocycles. The van der Waals surface area contributed by atoms with Gasteiger partial charge in [-0.15, -0.1) is 5.10 Å². The molecule has 0 aliphatic heterocycles. The summed E-state index contributed by atoms with van der Waals surface area (Å²) in [6.45, 7) is 2.32. The number of benzene rings is 1. The molecule has 0 aliphatic rings. The highest BCUT2D eigenvalue weighted by Gasteiger charge is 2.14. The molecule has 98 valence electrons. The van der Waals surface area contributed by atoms with Crippen molar-refractivity contribution in [1.29, 1.82) is 0 Å². The summed E-state index contributed by atoms with van der Waals surface area (Å²) in [5, 5.41) is 13.2. The van der Waals surface area contributed by atoms with E-state index in [1.54, 1.807) is 4.52 Å². The van der Waals surface area contributed by atoms with Crippen LogP contribution in [0.5, 0.6) is 6.01 Å². The molecule has 7 heteroatoms. The monoisotopic (exact) mass is 275 g/mol. The molecule has 6 nitrogen and oxygen atoms in total. The predicted octanol–water partition coefficient (Wildman–Crippen LogP) is 1.78. The number of nitrogens with two attached hydrogens (primary N) is 1. The lowest BCUT2D eigenvalue weighted by molar-refractivity contribution is 0.273. The Bertz CT molecular complexity index is 676. The first-order valence-electron chi connectivity index (χ1n) is 5.88. The van der Waals surface area contributed by atoms with Crippen LogP contribution in [0.25, 0.3) is 4.96 Å². The minimum Gasteiger partial charge on any atom is -0.457 e. The molecule has 0 unspecified atom stereocenters. The second-order valence-corrected chi connectivity index (χ2v) is 5.17. The van der Waals surface area contributed by atoms with Gasteiger partial charge in [0.1, 0.15) is 11.6 Å². The normalized spacial score (nSPS) is 12.7. The topological polar surface area (TPSA) is 78.3 Å². The van der Waals surface area contributed by atoms with Crippen molar-refractivity contribution in [1.82, 2.24) is 19.8 Å². The zero-order chi connectivity index (χ0) is 13.2. The van der Waals surface area contributed by atoms with E-state index < -0.39 is 0 Å². The lowest BCUT2D eigenvalue weighted by Gasteiger charge is -2.02. The van der Waals surface area contributed by atoms with Crippen LogP contribution in [0.3, 0.4) is 0 Å². The van der Waals surface area contributed by atoms with Gasteiger partial charge in [-0.25, -0.2) is 0 Å². The molecule has 1 atom stereocenters. The second-order valence-electron chi connectivity index (χ2n) is 4.18. The van der Waals surface area contributed by atoms with Crippen molar-refractivity contribution in [2.45, 2.75) is 19.6 Å². The minimum absolute atomic E-state index is 0.117. The minimum atomic E-state index is -0.117. The van der Waals surface area contributed by atoms with Gasteiger partial charge in [-0.1, -0.05) is 46.8 Å². The summed E-state index contributed by atoms with van der Waals surface area (Å²) in [4.78, 5) is 0.690. The van der Waals surface area contributed by atoms with Crippen LogP contribution in [0.2, 0.25) is 0 Å². The highest BCUT2D eigenvalue weighted by molar-refractivity contribution is 7.16. The Morgan fingerprint density at radius 2 is 2.11 bits per heavy atom. The fourth-order valence-electron chi connectivity index (χ4n) is 1.61. The number of fused-ring (bicyclic) bond motifs is 1. The van der Waals surface area contributed by atoms with Crippen LogP contribution in [-0.4, -0.2) is 19.8 Å². The van der Waals surface area contributed by atoms with E-state index >= 15 is 0 Å². The Balaban J connectivity index is 1.81. The fourth-order valence-corrected chi connectivity index (χ4v) is 2.39. The van der Waals surface area contributed by atoms with E-state index in [0.29, 0.717) is 17.6 Å². The maximum Gasteiger partial charge on any atom is 0.340 e. The largest absolute Gasteiger partial charge is 0.457 e. The number of rotatable bonds is 4. The van der Waals surface area contributed by atoms with Crippen LogP contribution in [-0.2, 0) is 6.61 Å². The molecule has 3 rings (SSSR count). The van der Waals surface area contributed by atoms with Crippen molar-refractivity contribution in [2.24, 2.45) is 5.73 Å². The van der Waals surface area contributed by atoms with E-state index in [4.69, 9.17) is 10.5 Å². The first kappa shape index (κ1) is 12.1. The first-order valence-corrected chi connectivity index (χ1v) is 6.70. The number of aromatic nitrogens is 4. The lowest BCUT2D eigenvalue weighted by atomic mass is 10.2. The van der Waals surface area contributed by atoms with Gasteiger partial charge in [0.05, 0.1) is 6.04 Å². The van der Waals surface area contributed by atoms with Gasteiger partial charge in [-0.2, -0.15) is 9.61 Å². The van der Waals surface area contributed by atoms with Crippen molar-refractivity contribution in [2.75, 3.05) is 0 Å². The third-order valence-corrected chi connectivity index (χ3v) is 3.68. The van der Waals surface area contributed by atoms with Gasteiger partial charge >= 0.3 is 6.01 Å². The van der Waals surface area contributed by atoms with Crippen molar-refractivity contribution < 1.29 is 4.74 Å². The maximum atomic E-state index is 5.80. The number of hydrogen-bond donors (Lipinski definition) is 1. The summed E-state index contributed by atoms with van der Waals surface area (Å²) in [5.41, 5.74) is 6.87. The van der Waals surface area contributed by atoms with Gasteiger partial charge in [0, 0.05) is 0 Å². The Kier molecular flexibility index (Phi) is 3.14. The SMILES string of the molecule is C[C@H](N)c1nn2c(OCc3ccccc3)nnc2s1. The Morgan fingerprint density at radius 1 is 1.32 bits per heavy atom. The third kappa shape index (κ3) is 2.42. The average Bonchev–Trinajstić information content (AvgIpc) is 2.98. The smallest absolute Gasteiger partial charge is 0.340 e. The number of hydrogen-bond acceptors (Lipinski definition) is 6. The van der Waals surface area contributed by atoms with E-state index in [0.717, 1.165) is 10.6 Å². The fraction of sp³-hybridized carbons (Fsp3) is 0.250. The van der Waals surface area contributed by atoms with Crippen LogP contribution in [0.4, 0.5) is 0 Å². The van der Waals surface area contributed by atoms with Crippen LogP contribution in [0, 0.1) is 0 Å². The van der Waals surface area contributed by atoms with Crippen LogP contribution in [0.15, 0.2) is 30.3 Å². The number of nitrogens with zero attached hydrogens (tertiary/aromatic N) is 4. The molecule has 0 saturated carbocycles. The Hall–Kier alpha value is -1.99. The Labute approximate surface area is 113 Å². The quantitative estimate of drug-likeness (QED) is 0.785. The van der Waals surface area contributed by atoms with E-state index in [-0.39, 0.29) is 6.04 Å². The zero-order valence-electron chi connectivity index (χ0n) is 10.4. The van der Waals surface area contributed by atoms with Gasteiger partial charge in [-0.3, -0.25) is 0 Å². The Morgan fingerprint density at radius 3 is 2.84 bits per heavy atom. The molecule has 0 fully saturated rings. The first-order chi connectivity index (χ1) is 9.24. The molecule has 0 spiro atoms. The average molecular weight is 275 g/mol. The van der Waals surface area contributed by atoms with E-state index in [2.05, 4.69) is 15.3 Å². The van der Waals surface area contributed by atoms with Crippen LogP contribution < -0.4 is 10.5 Å². The summed E-state index contributed by atoms with van der Waals surface area (Å²) in [6.07, 6.45) is 0. The van der Waals surface area contributed by atoms with Crippen molar-refractivity contribution in [3.05, 3.63) is 40.9 Å². The maximum absolute atomic E-state index is 5.80. The molecule has 0 saturated heterocycles. The van der Waals surface area contributed by atoms with E-state index in [1.807, 2.05) is 37.3 Å². The standard InChI is InChI=1S/C12H13N5OS/c1-8(13)10-16-17-11(14-15-12(17)19-10)18-7-9-5-3-2-4-6-9/h2-6,8H,7,13H2,1H3/t8-/m0/s1. The highest BCUT2D eigenvalue weighted by Crippen LogP contribution is 2.21. The molecule has 2 heterocycles. The van der Waals surface area contributed by atoms with Crippen molar-refractivity contribution in [3.63, 3.8) is 0 Å². The van der Waals surface area contributed by atoms with Gasteiger partial charge in [0.15, 0.2) is 0 Å². The molecule has 1 aromatic carbocycles. The predicted molar refractivity (Wildman–Crippen MR) is 72.0 cm³/mol. The molecule has 0 radical (unpaired) electrons. The number of ether oxygens (including phenoxy) is 1. The molecule has 3 aromatic rings. The summed E-state index contributed by atoms with van der Waals surface area (Å²) >= 11 is 1.42.